The van der Waals surface area contributed by atoms with Crippen LogP contribution < -0.4 is 10.2 Å². The van der Waals surface area contributed by atoms with Crippen LogP contribution in [0, 0.1) is 11.7 Å². The van der Waals surface area contributed by atoms with E-state index in [4.69, 9.17) is 0 Å². The maximum absolute atomic E-state index is 13.2. The van der Waals surface area contributed by atoms with Gasteiger partial charge in [-0.25, -0.2) is 4.39 Å². The van der Waals surface area contributed by atoms with Gasteiger partial charge in [-0.1, -0.05) is 44.2 Å². The van der Waals surface area contributed by atoms with Crippen molar-refractivity contribution in [2.45, 2.75) is 32.7 Å². The van der Waals surface area contributed by atoms with Gasteiger partial charge in [0.1, 0.15) is 11.9 Å². The van der Waals surface area contributed by atoms with E-state index >= 15 is 0 Å². The van der Waals surface area contributed by atoms with Crippen molar-refractivity contribution >= 4 is 17.5 Å². The molecule has 2 aromatic rings. The van der Waals surface area contributed by atoms with Crippen molar-refractivity contribution in [3.05, 3.63) is 66.0 Å². The topological polar surface area (TPSA) is 52.7 Å². The van der Waals surface area contributed by atoms with Crippen LogP contribution in [0.5, 0.6) is 0 Å². The first-order valence-corrected chi connectivity index (χ1v) is 10.6. The van der Waals surface area contributed by atoms with Crippen molar-refractivity contribution in [2.24, 2.45) is 5.92 Å². The minimum atomic E-state index is -0.543. The number of rotatable bonds is 6. The summed E-state index contributed by atoms with van der Waals surface area (Å²) in [6.45, 7) is 6.62. The Hall–Kier alpha value is -2.89. The van der Waals surface area contributed by atoms with E-state index in [0.29, 0.717) is 19.6 Å². The molecule has 3 rings (SSSR count). The molecule has 0 aromatic heterocycles. The first kappa shape index (κ1) is 21.8. The second-order valence-electron chi connectivity index (χ2n) is 8.09. The molecule has 1 atom stereocenters. The summed E-state index contributed by atoms with van der Waals surface area (Å²) in [5, 5.41) is 2.95. The predicted molar refractivity (Wildman–Crippen MR) is 117 cm³/mol. The monoisotopic (exact) mass is 411 g/mol. The van der Waals surface area contributed by atoms with Gasteiger partial charge in [-0.05, 0) is 42.2 Å². The summed E-state index contributed by atoms with van der Waals surface area (Å²) in [4.78, 5) is 29.8. The van der Waals surface area contributed by atoms with Crippen LogP contribution in [0.2, 0.25) is 0 Å². The number of carbonyl (C=O) groups excluding carboxylic acids is 2. The summed E-state index contributed by atoms with van der Waals surface area (Å²) in [5.74, 6) is -0.437. The number of hydrogen-bond acceptors (Lipinski definition) is 3. The molecule has 2 aromatic carbocycles. The Bertz CT molecular complexity index is 839. The van der Waals surface area contributed by atoms with Crippen molar-refractivity contribution in [1.82, 2.24) is 10.2 Å². The van der Waals surface area contributed by atoms with Gasteiger partial charge >= 0.3 is 0 Å². The van der Waals surface area contributed by atoms with Crippen LogP contribution in [0.3, 0.4) is 0 Å². The highest BCUT2D eigenvalue weighted by molar-refractivity contribution is 5.88. The number of anilines is 1. The Morgan fingerprint density at radius 1 is 0.967 bits per heavy atom. The Balaban J connectivity index is 1.60. The molecule has 0 radical (unpaired) electrons. The van der Waals surface area contributed by atoms with Crippen molar-refractivity contribution in [3.8, 4) is 0 Å². The first-order chi connectivity index (χ1) is 14.4. The standard InChI is InChI=1S/C24H30FN3O2/c1-18(2)23(26-22(29)17-19-7-4-3-5-8-19)24(30)28-14-6-13-27(15-16-28)21-11-9-20(25)10-12-21/h3-5,7-12,18,23H,6,13-17H2,1-2H3,(H,26,29). The van der Waals surface area contributed by atoms with Gasteiger partial charge in [0.05, 0.1) is 6.42 Å². The molecule has 1 heterocycles. The van der Waals surface area contributed by atoms with Crippen molar-refractivity contribution in [2.75, 3.05) is 31.1 Å². The lowest BCUT2D eigenvalue weighted by Gasteiger charge is -2.29. The summed E-state index contributed by atoms with van der Waals surface area (Å²) in [5.41, 5.74) is 1.89. The molecule has 30 heavy (non-hydrogen) atoms. The lowest BCUT2D eigenvalue weighted by atomic mass is 10.0. The fourth-order valence-electron chi connectivity index (χ4n) is 3.76. The highest BCUT2D eigenvalue weighted by Gasteiger charge is 2.29. The van der Waals surface area contributed by atoms with E-state index in [1.54, 1.807) is 12.1 Å². The predicted octanol–water partition coefficient (Wildman–Crippen LogP) is 3.25. The molecule has 160 valence electrons. The molecule has 1 aliphatic heterocycles. The highest BCUT2D eigenvalue weighted by Crippen LogP contribution is 2.18. The van der Waals surface area contributed by atoms with E-state index in [-0.39, 0.29) is 30.0 Å². The van der Waals surface area contributed by atoms with Crippen LogP contribution in [-0.2, 0) is 16.0 Å². The quantitative estimate of drug-likeness (QED) is 0.794. The number of nitrogens with zero attached hydrogens (tertiary/aromatic N) is 2. The zero-order valence-corrected chi connectivity index (χ0v) is 17.7. The number of nitrogens with one attached hydrogen (secondary N) is 1. The average molecular weight is 412 g/mol. The molecule has 6 heteroatoms. The molecule has 0 saturated carbocycles. The molecule has 1 aliphatic rings. The van der Waals surface area contributed by atoms with Crippen LogP contribution in [-0.4, -0.2) is 48.9 Å². The van der Waals surface area contributed by atoms with E-state index in [1.807, 2.05) is 49.1 Å². The lowest BCUT2D eigenvalue weighted by Crippen LogP contribution is -2.52. The normalized spacial score (nSPS) is 15.6. The first-order valence-electron chi connectivity index (χ1n) is 10.6. The fourth-order valence-corrected chi connectivity index (χ4v) is 3.76. The third-order valence-electron chi connectivity index (χ3n) is 5.46. The Morgan fingerprint density at radius 3 is 2.33 bits per heavy atom. The fraction of sp³-hybridized carbons (Fsp3) is 0.417. The van der Waals surface area contributed by atoms with Gasteiger partial charge in [0, 0.05) is 31.9 Å². The molecular formula is C24H30FN3O2. The van der Waals surface area contributed by atoms with Crippen LogP contribution in [0.4, 0.5) is 10.1 Å². The Labute approximate surface area is 177 Å². The smallest absolute Gasteiger partial charge is 0.245 e. The van der Waals surface area contributed by atoms with Gasteiger partial charge in [-0.15, -0.1) is 0 Å². The van der Waals surface area contributed by atoms with Crippen LogP contribution in [0.25, 0.3) is 0 Å². The molecular weight excluding hydrogens is 381 g/mol. The van der Waals surface area contributed by atoms with Gasteiger partial charge in [0.25, 0.3) is 0 Å². The lowest BCUT2D eigenvalue weighted by molar-refractivity contribution is -0.137. The van der Waals surface area contributed by atoms with E-state index in [9.17, 15) is 14.0 Å². The molecule has 2 amide bonds. The van der Waals surface area contributed by atoms with Crippen LogP contribution >= 0.6 is 0 Å². The second kappa shape index (κ2) is 10.2. The van der Waals surface area contributed by atoms with Gasteiger partial charge in [0.15, 0.2) is 0 Å². The van der Waals surface area contributed by atoms with Crippen molar-refractivity contribution in [3.63, 3.8) is 0 Å². The minimum Gasteiger partial charge on any atom is -0.370 e. The molecule has 1 unspecified atom stereocenters. The van der Waals surface area contributed by atoms with E-state index in [2.05, 4.69) is 10.2 Å². The largest absolute Gasteiger partial charge is 0.370 e. The average Bonchev–Trinajstić information content (AvgIpc) is 2.99. The van der Waals surface area contributed by atoms with E-state index in [1.165, 1.54) is 12.1 Å². The molecule has 1 saturated heterocycles. The number of benzene rings is 2. The second-order valence-corrected chi connectivity index (χ2v) is 8.09. The van der Waals surface area contributed by atoms with Gasteiger partial charge in [0.2, 0.25) is 11.8 Å². The SMILES string of the molecule is CC(C)C(NC(=O)Cc1ccccc1)C(=O)N1CCCN(c2ccc(F)cc2)CC1. The molecule has 0 bridgehead atoms. The minimum absolute atomic E-state index is 0.00585. The summed E-state index contributed by atoms with van der Waals surface area (Å²) >= 11 is 0. The zero-order chi connectivity index (χ0) is 21.5. The van der Waals surface area contributed by atoms with Gasteiger partial charge < -0.3 is 15.1 Å². The van der Waals surface area contributed by atoms with Gasteiger partial charge in [-0.3, -0.25) is 9.59 Å². The molecule has 5 nitrogen and oxygen atoms in total. The molecule has 0 spiro atoms. The Kier molecular flexibility index (Phi) is 7.44. The zero-order valence-electron chi connectivity index (χ0n) is 17.7. The van der Waals surface area contributed by atoms with Crippen molar-refractivity contribution < 1.29 is 14.0 Å². The number of hydrogen-bond donors (Lipinski definition) is 1. The molecule has 1 fully saturated rings. The van der Waals surface area contributed by atoms with Crippen LogP contribution in [0.1, 0.15) is 25.8 Å². The summed E-state index contributed by atoms with van der Waals surface area (Å²) in [6.07, 6.45) is 1.08. The molecule has 1 N–H and O–H groups in total. The number of carbonyl (C=O) groups is 2. The third kappa shape index (κ3) is 5.81. The maximum Gasteiger partial charge on any atom is 0.245 e. The highest BCUT2D eigenvalue weighted by atomic mass is 19.1. The molecule has 0 aliphatic carbocycles. The van der Waals surface area contributed by atoms with E-state index < -0.39 is 6.04 Å². The summed E-state index contributed by atoms with van der Waals surface area (Å²) in [7, 11) is 0. The van der Waals surface area contributed by atoms with Crippen LogP contribution in [0.15, 0.2) is 54.6 Å². The Morgan fingerprint density at radius 2 is 1.67 bits per heavy atom. The number of halogens is 1. The van der Waals surface area contributed by atoms with E-state index in [0.717, 1.165) is 24.2 Å². The number of amides is 2. The maximum atomic E-state index is 13.2. The third-order valence-corrected chi connectivity index (χ3v) is 5.46. The van der Waals surface area contributed by atoms with Gasteiger partial charge in [-0.2, -0.15) is 0 Å². The summed E-state index contributed by atoms with van der Waals surface area (Å²) in [6, 6.07) is 15.4. The summed E-state index contributed by atoms with van der Waals surface area (Å²) < 4.78 is 13.2. The van der Waals surface area contributed by atoms with Crippen molar-refractivity contribution in [1.29, 1.82) is 0 Å².